The number of benzene rings is 7. The number of hydrogen-bond acceptors (Lipinski definition) is 3. The van der Waals surface area contributed by atoms with Crippen molar-refractivity contribution in [3.63, 3.8) is 0 Å². The summed E-state index contributed by atoms with van der Waals surface area (Å²) in [7, 11) is 0. The SMILES string of the molecule is CC1(C)c2cc(-c3cccc(-c4cccc(-c5nc(-c6ccccc6)nc6c5oc5ccccc56)c4)c3)ccc2-c2cc3c(cc21)-c1ccccc1C31CCCCC1. The second-order valence-electron chi connectivity index (χ2n) is 17.2. The molecule has 12 rings (SSSR count). The van der Waals surface area contributed by atoms with Crippen LogP contribution in [0.15, 0.2) is 162 Å². The zero-order valence-electron chi connectivity index (χ0n) is 32.8. The molecule has 0 unspecified atom stereocenters. The molecule has 1 saturated carbocycles. The van der Waals surface area contributed by atoms with Gasteiger partial charge in [-0.25, -0.2) is 9.97 Å². The Labute approximate surface area is 339 Å². The molecular formula is C55H42N2O. The third-order valence-corrected chi connectivity index (χ3v) is 13.7. The Bertz CT molecular complexity index is 3130. The van der Waals surface area contributed by atoms with Crippen LogP contribution < -0.4 is 0 Å². The van der Waals surface area contributed by atoms with Gasteiger partial charge in [-0.1, -0.05) is 148 Å². The smallest absolute Gasteiger partial charge is 0.180 e. The topological polar surface area (TPSA) is 38.9 Å². The van der Waals surface area contributed by atoms with E-state index in [-0.39, 0.29) is 10.8 Å². The minimum Gasteiger partial charge on any atom is -0.452 e. The van der Waals surface area contributed by atoms with Gasteiger partial charge in [-0.15, -0.1) is 0 Å². The summed E-state index contributed by atoms with van der Waals surface area (Å²) >= 11 is 0. The van der Waals surface area contributed by atoms with Gasteiger partial charge in [0.1, 0.15) is 16.8 Å². The first-order valence-corrected chi connectivity index (χ1v) is 20.9. The third kappa shape index (κ3) is 4.86. The van der Waals surface area contributed by atoms with Crippen molar-refractivity contribution in [1.29, 1.82) is 0 Å². The maximum absolute atomic E-state index is 6.47. The zero-order chi connectivity index (χ0) is 38.6. The van der Waals surface area contributed by atoms with E-state index in [2.05, 4.69) is 135 Å². The quantitative estimate of drug-likeness (QED) is 0.180. The van der Waals surface area contributed by atoms with E-state index in [4.69, 9.17) is 14.4 Å². The van der Waals surface area contributed by atoms with Crippen LogP contribution in [0.1, 0.15) is 68.2 Å². The lowest BCUT2D eigenvalue weighted by Crippen LogP contribution is -2.28. The molecule has 3 aliphatic rings. The van der Waals surface area contributed by atoms with Crippen LogP contribution in [0, 0.1) is 0 Å². The van der Waals surface area contributed by atoms with E-state index < -0.39 is 0 Å². The molecule has 0 aliphatic heterocycles. The Kier molecular flexibility index (Phi) is 7.21. The first kappa shape index (κ1) is 33.5. The highest BCUT2D eigenvalue weighted by molar-refractivity contribution is 6.07. The second kappa shape index (κ2) is 12.5. The molecule has 278 valence electrons. The van der Waals surface area contributed by atoms with Gasteiger partial charge in [0, 0.05) is 27.3 Å². The summed E-state index contributed by atoms with van der Waals surface area (Å²) in [4.78, 5) is 10.2. The van der Waals surface area contributed by atoms with E-state index in [1.54, 1.807) is 11.1 Å². The Morgan fingerprint density at radius 2 is 1.05 bits per heavy atom. The molecule has 1 fully saturated rings. The van der Waals surface area contributed by atoms with Crippen LogP contribution in [-0.4, -0.2) is 9.97 Å². The van der Waals surface area contributed by atoms with E-state index in [1.807, 2.05) is 36.4 Å². The summed E-state index contributed by atoms with van der Waals surface area (Å²) in [6, 6.07) is 57.6. The molecule has 0 radical (unpaired) electrons. The molecule has 0 bridgehead atoms. The van der Waals surface area contributed by atoms with Gasteiger partial charge in [-0.05, 0) is 122 Å². The molecule has 3 heteroatoms. The van der Waals surface area contributed by atoms with Crippen molar-refractivity contribution < 1.29 is 4.42 Å². The molecule has 0 amide bonds. The van der Waals surface area contributed by atoms with Crippen molar-refractivity contribution in [2.75, 3.05) is 0 Å². The largest absolute Gasteiger partial charge is 0.452 e. The predicted octanol–water partition coefficient (Wildman–Crippen LogP) is 14.6. The summed E-state index contributed by atoms with van der Waals surface area (Å²) in [6.07, 6.45) is 6.46. The van der Waals surface area contributed by atoms with Crippen LogP contribution in [0.2, 0.25) is 0 Å². The number of para-hydroxylation sites is 1. The first-order chi connectivity index (χ1) is 28.5. The minimum atomic E-state index is -0.114. The lowest BCUT2D eigenvalue weighted by Gasteiger charge is -2.36. The van der Waals surface area contributed by atoms with Crippen LogP contribution in [0.4, 0.5) is 0 Å². The fraction of sp³-hybridized carbons (Fsp3) is 0.164. The molecule has 0 N–H and O–H groups in total. The molecule has 9 aromatic rings. The van der Waals surface area contributed by atoms with E-state index in [1.165, 1.54) is 76.6 Å². The molecule has 0 atom stereocenters. The maximum atomic E-state index is 6.47. The highest BCUT2D eigenvalue weighted by atomic mass is 16.3. The maximum Gasteiger partial charge on any atom is 0.180 e. The van der Waals surface area contributed by atoms with Crippen LogP contribution in [0.5, 0.6) is 0 Å². The number of rotatable bonds is 4. The molecular weight excluding hydrogens is 705 g/mol. The van der Waals surface area contributed by atoms with E-state index >= 15 is 0 Å². The second-order valence-corrected chi connectivity index (χ2v) is 17.2. The fourth-order valence-corrected chi connectivity index (χ4v) is 10.8. The Morgan fingerprint density at radius 3 is 1.86 bits per heavy atom. The summed E-state index contributed by atoms with van der Waals surface area (Å²) < 4.78 is 6.47. The van der Waals surface area contributed by atoms with Crippen molar-refractivity contribution >= 4 is 22.1 Å². The molecule has 3 aliphatic carbocycles. The number of furan rings is 1. The van der Waals surface area contributed by atoms with Crippen LogP contribution >= 0.6 is 0 Å². The van der Waals surface area contributed by atoms with Crippen molar-refractivity contribution in [3.05, 3.63) is 180 Å². The van der Waals surface area contributed by atoms with Crippen molar-refractivity contribution in [1.82, 2.24) is 9.97 Å². The number of fused-ring (bicyclic) bond motifs is 11. The van der Waals surface area contributed by atoms with Crippen molar-refractivity contribution in [2.45, 2.75) is 56.8 Å². The number of aromatic nitrogens is 2. The van der Waals surface area contributed by atoms with Gasteiger partial charge in [0.15, 0.2) is 11.4 Å². The van der Waals surface area contributed by atoms with Crippen molar-refractivity contribution in [3.8, 4) is 67.2 Å². The van der Waals surface area contributed by atoms with Gasteiger partial charge in [-0.2, -0.15) is 0 Å². The molecule has 0 saturated heterocycles. The highest BCUT2D eigenvalue weighted by Crippen LogP contribution is 2.60. The Hall–Kier alpha value is -6.58. The van der Waals surface area contributed by atoms with E-state index in [9.17, 15) is 0 Å². The summed E-state index contributed by atoms with van der Waals surface area (Å²) in [6.45, 7) is 4.84. The third-order valence-electron chi connectivity index (χ3n) is 13.7. The lowest BCUT2D eigenvalue weighted by molar-refractivity contribution is 0.353. The van der Waals surface area contributed by atoms with Crippen LogP contribution in [-0.2, 0) is 10.8 Å². The van der Waals surface area contributed by atoms with Gasteiger partial charge in [0.05, 0.1) is 0 Å². The summed E-state index contributed by atoms with van der Waals surface area (Å²) in [5, 5.41) is 0.991. The molecule has 2 aromatic heterocycles. The Balaban J connectivity index is 0.933. The molecule has 58 heavy (non-hydrogen) atoms. The zero-order valence-corrected chi connectivity index (χ0v) is 32.8. The predicted molar refractivity (Wildman–Crippen MR) is 238 cm³/mol. The summed E-state index contributed by atoms with van der Waals surface area (Å²) in [5.41, 5.74) is 21.6. The van der Waals surface area contributed by atoms with E-state index in [0.29, 0.717) is 11.4 Å². The average Bonchev–Trinajstić information content (AvgIpc) is 3.86. The number of nitrogens with zero attached hydrogens (tertiary/aromatic N) is 2. The molecule has 7 aromatic carbocycles. The van der Waals surface area contributed by atoms with Gasteiger partial charge >= 0.3 is 0 Å². The van der Waals surface area contributed by atoms with Crippen molar-refractivity contribution in [2.24, 2.45) is 0 Å². The van der Waals surface area contributed by atoms with Crippen LogP contribution in [0.25, 0.3) is 89.2 Å². The van der Waals surface area contributed by atoms with Gasteiger partial charge in [0.2, 0.25) is 0 Å². The standard InChI is InChI=1S/C55H42N2O/c1-54(2)46-31-38(25-26-41(46)43-33-48-44(32-47(43)54)40-21-7-9-23-45(40)55(48)27-11-4-12-28-55)36-18-13-17-35(29-36)37-19-14-20-39(30-37)50-52-51(42-22-8-10-24-49(42)58-52)57-53(56-50)34-15-5-3-6-16-34/h3,5-10,13-26,29-33H,4,11-12,27-28H2,1-2H3. The Morgan fingerprint density at radius 1 is 0.448 bits per heavy atom. The molecule has 3 nitrogen and oxygen atoms in total. The fourth-order valence-electron chi connectivity index (χ4n) is 10.8. The lowest BCUT2D eigenvalue weighted by atomic mass is 9.67. The van der Waals surface area contributed by atoms with Gasteiger partial charge in [0.25, 0.3) is 0 Å². The van der Waals surface area contributed by atoms with E-state index in [0.717, 1.165) is 44.4 Å². The average molecular weight is 747 g/mol. The summed E-state index contributed by atoms with van der Waals surface area (Å²) in [5.74, 6) is 0.687. The monoisotopic (exact) mass is 746 g/mol. The van der Waals surface area contributed by atoms with Gasteiger partial charge < -0.3 is 4.42 Å². The molecule has 1 spiro atoms. The molecule has 2 heterocycles. The van der Waals surface area contributed by atoms with Gasteiger partial charge in [-0.3, -0.25) is 0 Å². The number of hydrogen-bond donors (Lipinski definition) is 0. The first-order valence-electron chi connectivity index (χ1n) is 20.9. The normalized spacial score (nSPS) is 15.7. The van der Waals surface area contributed by atoms with Crippen LogP contribution in [0.3, 0.4) is 0 Å². The minimum absolute atomic E-state index is 0.114. The highest BCUT2D eigenvalue weighted by Gasteiger charge is 2.46.